The molecule has 160 valence electrons. The van der Waals surface area contributed by atoms with Crippen LogP contribution in [-0.2, 0) is 10.0 Å². The van der Waals surface area contributed by atoms with Crippen molar-refractivity contribution in [1.82, 2.24) is 5.43 Å². The maximum atomic E-state index is 12.4. The highest BCUT2D eigenvalue weighted by atomic mass is 79.9. The van der Waals surface area contributed by atoms with E-state index in [1.165, 1.54) is 42.5 Å². The number of carbonyl (C=O) groups excluding carboxylic acids is 1. The zero-order valence-electron chi connectivity index (χ0n) is 15.7. The van der Waals surface area contributed by atoms with Crippen LogP contribution >= 0.6 is 15.9 Å². The average molecular weight is 506 g/mol. The van der Waals surface area contributed by atoms with E-state index in [0.29, 0.717) is 0 Å². The van der Waals surface area contributed by atoms with E-state index < -0.39 is 33.2 Å². The van der Waals surface area contributed by atoms with Crippen molar-refractivity contribution in [3.05, 3.63) is 76.3 Å². The summed E-state index contributed by atoms with van der Waals surface area (Å²) >= 11 is 3.24. The van der Waals surface area contributed by atoms with Gasteiger partial charge in [-0.1, -0.05) is 15.9 Å². The fourth-order valence-electron chi connectivity index (χ4n) is 2.43. The van der Waals surface area contributed by atoms with Crippen LogP contribution in [0.25, 0.3) is 0 Å². The van der Waals surface area contributed by atoms with Gasteiger partial charge >= 0.3 is 0 Å². The number of anilines is 1. The van der Waals surface area contributed by atoms with Crippen molar-refractivity contribution in [1.29, 1.82) is 0 Å². The molecule has 0 aliphatic carbocycles. The summed E-state index contributed by atoms with van der Waals surface area (Å²) in [6, 6.07) is 14.3. The number of nitrogens with one attached hydrogen (secondary N) is 2. The van der Waals surface area contributed by atoms with Crippen molar-refractivity contribution >= 4 is 43.8 Å². The Morgan fingerprint density at radius 3 is 2.19 bits per heavy atom. The van der Waals surface area contributed by atoms with E-state index in [1.807, 2.05) is 0 Å². The minimum atomic E-state index is -3.78. The molecule has 5 N–H and O–H groups in total. The molecule has 3 aromatic rings. The van der Waals surface area contributed by atoms with Gasteiger partial charge in [-0.2, -0.15) is 5.10 Å². The third kappa shape index (κ3) is 5.32. The molecule has 0 fully saturated rings. The summed E-state index contributed by atoms with van der Waals surface area (Å²) in [5, 5.41) is 32.1. The minimum Gasteiger partial charge on any atom is -0.504 e. The van der Waals surface area contributed by atoms with E-state index in [9.17, 15) is 28.5 Å². The van der Waals surface area contributed by atoms with Gasteiger partial charge in [0.1, 0.15) is 0 Å². The molecule has 31 heavy (non-hydrogen) atoms. The number of nitrogens with zero attached hydrogens (tertiary/aromatic N) is 1. The lowest BCUT2D eigenvalue weighted by Gasteiger charge is -2.09. The van der Waals surface area contributed by atoms with Crippen LogP contribution in [0.4, 0.5) is 5.69 Å². The molecule has 0 radical (unpaired) electrons. The second kappa shape index (κ2) is 9.06. The standard InChI is InChI=1S/C20H16BrN3O6S/c21-14-4-8-16(9-5-14)31(29,30)24-15-6-1-12(2-7-15)20(28)23-22-11-13-3-10-17(25)19(27)18(13)26/h1-11,24-27H,(H,23,28). The Labute approximate surface area is 185 Å². The molecule has 0 aromatic heterocycles. The molecule has 0 aliphatic rings. The van der Waals surface area contributed by atoms with Crippen molar-refractivity contribution in [2.45, 2.75) is 4.90 Å². The molecular formula is C20H16BrN3O6S. The Bertz CT molecular complexity index is 1240. The van der Waals surface area contributed by atoms with Crippen LogP contribution in [0.2, 0.25) is 0 Å². The van der Waals surface area contributed by atoms with Gasteiger partial charge in [-0.25, -0.2) is 13.8 Å². The molecule has 0 aliphatic heterocycles. The molecule has 9 nitrogen and oxygen atoms in total. The van der Waals surface area contributed by atoms with Crippen LogP contribution in [0.5, 0.6) is 17.2 Å². The third-order valence-electron chi connectivity index (χ3n) is 4.05. The number of sulfonamides is 1. The topological polar surface area (TPSA) is 148 Å². The summed E-state index contributed by atoms with van der Waals surface area (Å²) in [6.45, 7) is 0. The summed E-state index contributed by atoms with van der Waals surface area (Å²) in [6.07, 6.45) is 1.09. The monoisotopic (exact) mass is 505 g/mol. The number of benzene rings is 3. The van der Waals surface area contributed by atoms with Gasteiger partial charge in [0.25, 0.3) is 15.9 Å². The number of rotatable bonds is 6. The SMILES string of the molecule is O=C(NN=Cc1ccc(O)c(O)c1O)c1ccc(NS(=O)(=O)c2ccc(Br)cc2)cc1. The Balaban J connectivity index is 1.65. The molecule has 0 saturated carbocycles. The summed E-state index contributed by atoms with van der Waals surface area (Å²) in [5.41, 5.74) is 2.80. The summed E-state index contributed by atoms with van der Waals surface area (Å²) in [7, 11) is -3.78. The lowest BCUT2D eigenvalue weighted by atomic mass is 10.2. The van der Waals surface area contributed by atoms with Gasteiger partial charge in [0.2, 0.25) is 5.75 Å². The molecule has 3 rings (SSSR count). The van der Waals surface area contributed by atoms with Gasteiger partial charge in [0.15, 0.2) is 11.5 Å². The summed E-state index contributed by atoms with van der Waals surface area (Å²) in [4.78, 5) is 12.3. The highest BCUT2D eigenvalue weighted by Gasteiger charge is 2.14. The van der Waals surface area contributed by atoms with E-state index in [4.69, 9.17) is 0 Å². The Morgan fingerprint density at radius 1 is 0.903 bits per heavy atom. The van der Waals surface area contributed by atoms with E-state index in [2.05, 4.69) is 31.2 Å². The fourth-order valence-corrected chi connectivity index (χ4v) is 3.75. The maximum Gasteiger partial charge on any atom is 0.271 e. The van der Waals surface area contributed by atoms with Crippen LogP contribution < -0.4 is 10.1 Å². The van der Waals surface area contributed by atoms with Gasteiger partial charge < -0.3 is 15.3 Å². The predicted octanol–water partition coefficient (Wildman–Crippen LogP) is 3.13. The van der Waals surface area contributed by atoms with Crippen LogP contribution in [0, 0.1) is 0 Å². The van der Waals surface area contributed by atoms with E-state index in [0.717, 1.165) is 16.8 Å². The van der Waals surface area contributed by atoms with Gasteiger partial charge in [0.05, 0.1) is 11.1 Å². The van der Waals surface area contributed by atoms with Crippen LogP contribution in [0.15, 0.2) is 75.1 Å². The van der Waals surface area contributed by atoms with E-state index in [1.54, 1.807) is 12.1 Å². The first kappa shape index (κ1) is 22.1. The van der Waals surface area contributed by atoms with Gasteiger partial charge in [-0.15, -0.1) is 0 Å². The molecular weight excluding hydrogens is 490 g/mol. The second-order valence-corrected chi connectivity index (χ2v) is 8.81. The minimum absolute atomic E-state index is 0.0771. The number of hydrazone groups is 1. The molecule has 0 atom stereocenters. The first-order valence-electron chi connectivity index (χ1n) is 8.63. The van der Waals surface area contributed by atoms with Crippen LogP contribution in [0.3, 0.4) is 0 Å². The lowest BCUT2D eigenvalue weighted by molar-refractivity contribution is 0.0955. The fraction of sp³-hybridized carbons (Fsp3) is 0. The average Bonchev–Trinajstić information content (AvgIpc) is 2.74. The normalized spacial score (nSPS) is 11.4. The molecule has 11 heteroatoms. The Kier molecular flexibility index (Phi) is 6.47. The molecule has 0 heterocycles. The van der Waals surface area contributed by atoms with Crippen molar-refractivity contribution in [3.63, 3.8) is 0 Å². The van der Waals surface area contributed by atoms with Crippen molar-refractivity contribution in [2.24, 2.45) is 5.10 Å². The third-order valence-corrected chi connectivity index (χ3v) is 5.98. The van der Waals surface area contributed by atoms with Gasteiger partial charge in [-0.05, 0) is 60.7 Å². The van der Waals surface area contributed by atoms with E-state index in [-0.39, 0.29) is 21.7 Å². The highest BCUT2D eigenvalue weighted by molar-refractivity contribution is 9.10. The Hall–Kier alpha value is -3.57. The first-order valence-corrected chi connectivity index (χ1v) is 10.9. The van der Waals surface area contributed by atoms with Crippen molar-refractivity contribution in [2.75, 3.05) is 4.72 Å². The number of hydrogen-bond acceptors (Lipinski definition) is 7. The molecule has 0 unspecified atom stereocenters. The number of amides is 1. The smallest absolute Gasteiger partial charge is 0.271 e. The zero-order valence-corrected chi connectivity index (χ0v) is 18.1. The summed E-state index contributed by atoms with van der Waals surface area (Å²) < 4.78 is 28.0. The lowest BCUT2D eigenvalue weighted by Crippen LogP contribution is -2.18. The van der Waals surface area contributed by atoms with Crippen LogP contribution in [0.1, 0.15) is 15.9 Å². The molecule has 0 spiro atoms. The largest absolute Gasteiger partial charge is 0.504 e. The molecule has 0 saturated heterocycles. The van der Waals surface area contributed by atoms with Crippen LogP contribution in [-0.4, -0.2) is 35.9 Å². The second-order valence-electron chi connectivity index (χ2n) is 6.21. The van der Waals surface area contributed by atoms with Gasteiger partial charge in [0, 0.05) is 21.3 Å². The number of halogens is 1. The molecule has 0 bridgehead atoms. The van der Waals surface area contributed by atoms with Crippen molar-refractivity contribution < 1.29 is 28.5 Å². The highest BCUT2D eigenvalue weighted by Crippen LogP contribution is 2.36. The Morgan fingerprint density at radius 2 is 1.55 bits per heavy atom. The summed E-state index contributed by atoms with van der Waals surface area (Å²) in [5.74, 6) is -2.35. The first-order chi connectivity index (χ1) is 14.7. The predicted molar refractivity (Wildman–Crippen MR) is 118 cm³/mol. The quantitative estimate of drug-likeness (QED) is 0.197. The van der Waals surface area contributed by atoms with Gasteiger partial charge in [-0.3, -0.25) is 9.52 Å². The van der Waals surface area contributed by atoms with E-state index >= 15 is 0 Å². The van der Waals surface area contributed by atoms with Crippen molar-refractivity contribution in [3.8, 4) is 17.2 Å². The number of aromatic hydroxyl groups is 3. The molecule has 3 aromatic carbocycles. The number of hydrogen-bond donors (Lipinski definition) is 5. The number of carbonyl (C=O) groups is 1. The number of phenols is 3. The maximum absolute atomic E-state index is 12.4. The zero-order chi connectivity index (χ0) is 22.6. The molecule has 1 amide bonds. The number of phenolic OH excluding ortho intramolecular Hbond substituents is 3.